The molecule has 0 bridgehead atoms. The summed E-state index contributed by atoms with van der Waals surface area (Å²) in [7, 11) is 0.628. The molecule has 8 heteroatoms. The van der Waals surface area contributed by atoms with Crippen LogP contribution in [0.25, 0.3) is 0 Å². The molecule has 0 saturated carbocycles. The molecule has 0 aliphatic carbocycles. The van der Waals surface area contributed by atoms with E-state index in [1.807, 2.05) is 4.89 Å². The number of rotatable bonds is 8. The number of nitrogens with one attached hydrogen (secondary N) is 1. The van der Waals surface area contributed by atoms with Crippen LogP contribution in [0, 0.1) is 0 Å². The number of methoxy groups -OCH3 is 3. The molecule has 1 N–H and O–H groups in total. The van der Waals surface area contributed by atoms with E-state index in [2.05, 4.69) is 0 Å². The largest absolute Gasteiger partial charge is 0.493 e. The van der Waals surface area contributed by atoms with E-state index in [0.717, 1.165) is 0 Å². The van der Waals surface area contributed by atoms with Crippen molar-refractivity contribution in [3.05, 3.63) is 18.2 Å². The summed E-state index contributed by atoms with van der Waals surface area (Å²) in [6, 6.07) is 4.24. The van der Waals surface area contributed by atoms with Gasteiger partial charge < -0.3 is 14.2 Å². The fourth-order valence-corrected chi connectivity index (χ4v) is 2.12. The maximum atomic E-state index is 11.9. The minimum absolute atomic E-state index is 0.0163. The maximum absolute atomic E-state index is 11.9. The van der Waals surface area contributed by atoms with Crippen LogP contribution in [-0.2, 0) is 19.6 Å². The molecule has 0 fully saturated rings. The van der Waals surface area contributed by atoms with Crippen LogP contribution in [0.5, 0.6) is 11.5 Å². The molecule has 0 unspecified atom stereocenters. The molecular formula is C11H17NO6S. The van der Waals surface area contributed by atoms with Gasteiger partial charge in [-0.2, -0.15) is 0 Å². The molecule has 7 nitrogen and oxygen atoms in total. The van der Waals surface area contributed by atoms with Crippen LogP contribution in [0.2, 0.25) is 0 Å². The highest BCUT2D eigenvalue weighted by atomic mass is 32.2. The highest BCUT2D eigenvalue weighted by Gasteiger charge is 2.17. The Labute approximate surface area is 112 Å². The number of hydrogen-bond acceptors (Lipinski definition) is 6. The Kier molecular flexibility index (Phi) is 6.03. The number of ether oxygens (including phenoxy) is 3. The molecular weight excluding hydrogens is 274 g/mol. The molecule has 0 heterocycles. The Bertz CT molecular complexity index is 502. The summed E-state index contributed by atoms with van der Waals surface area (Å²) in [4.78, 5) is 6.80. The van der Waals surface area contributed by atoms with Gasteiger partial charge in [0.2, 0.25) is 0 Å². The van der Waals surface area contributed by atoms with Gasteiger partial charge in [0.25, 0.3) is 10.0 Å². The van der Waals surface area contributed by atoms with E-state index in [1.165, 1.54) is 39.5 Å². The highest BCUT2D eigenvalue weighted by molar-refractivity contribution is 7.89. The minimum Gasteiger partial charge on any atom is -0.493 e. The second-order valence-electron chi connectivity index (χ2n) is 3.44. The number of benzene rings is 1. The summed E-state index contributed by atoms with van der Waals surface area (Å²) >= 11 is 0. The number of sulfonamides is 1. The van der Waals surface area contributed by atoms with E-state index >= 15 is 0 Å². The summed E-state index contributed by atoms with van der Waals surface area (Å²) in [5, 5.41) is 0. The van der Waals surface area contributed by atoms with Crippen molar-refractivity contribution in [1.29, 1.82) is 0 Å². The first-order valence-electron chi connectivity index (χ1n) is 5.39. The molecule has 0 aliphatic heterocycles. The third-order valence-electron chi connectivity index (χ3n) is 2.22. The van der Waals surface area contributed by atoms with Crippen molar-refractivity contribution >= 4 is 10.0 Å². The van der Waals surface area contributed by atoms with Crippen LogP contribution < -0.4 is 14.4 Å². The van der Waals surface area contributed by atoms with Gasteiger partial charge in [0.15, 0.2) is 11.5 Å². The Balaban J connectivity index is 2.83. The van der Waals surface area contributed by atoms with Crippen LogP contribution in [0.15, 0.2) is 23.1 Å². The fraction of sp³-hybridized carbons (Fsp3) is 0.455. The predicted octanol–water partition coefficient (Wildman–Crippen LogP) is 0.560. The molecule has 19 heavy (non-hydrogen) atoms. The van der Waals surface area contributed by atoms with E-state index in [4.69, 9.17) is 19.0 Å². The van der Waals surface area contributed by atoms with Crippen molar-refractivity contribution in [3.63, 3.8) is 0 Å². The lowest BCUT2D eigenvalue weighted by Crippen LogP contribution is -2.25. The maximum Gasteiger partial charge on any atom is 0.262 e. The average molecular weight is 291 g/mol. The first-order chi connectivity index (χ1) is 9.05. The number of hydrogen-bond donors (Lipinski definition) is 1. The molecule has 1 rings (SSSR count). The minimum atomic E-state index is -3.76. The van der Waals surface area contributed by atoms with E-state index in [-0.39, 0.29) is 18.1 Å². The normalized spacial score (nSPS) is 11.3. The third-order valence-corrected chi connectivity index (χ3v) is 3.44. The van der Waals surface area contributed by atoms with Gasteiger partial charge in [-0.15, -0.1) is 0 Å². The SMILES string of the molecule is COCCONS(=O)(=O)c1ccc(OC)c(OC)c1. The van der Waals surface area contributed by atoms with Crippen LogP contribution in [0.4, 0.5) is 0 Å². The van der Waals surface area contributed by atoms with Gasteiger partial charge in [-0.05, 0) is 12.1 Å². The molecule has 0 saturated heterocycles. The van der Waals surface area contributed by atoms with Gasteiger partial charge >= 0.3 is 0 Å². The zero-order valence-corrected chi connectivity index (χ0v) is 11.8. The van der Waals surface area contributed by atoms with E-state index in [9.17, 15) is 8.42 Å². The van der Waals surface area contributed by atoms with Crippen LogP contribution in [0.3, 0.4) is 0 Å². The lowest BCUT2D eigenvalue weighted by Gasteiger charge is -2.10. The predicted molar refractivity (Wildman–Crippen MR) is 67.7 cm³/mol. The highest BCUT2D eigenvalue weighted by Crippen LogP contribution is 2.29. The zero-order chi connectivity index (χ0) is 14.3. The van der Waals surface area contributed by atoms with Gasteiger partial charge in [-0.25, -0.2) is 8.42 Å². The van der Waals surface area contributed by atoms with Crippen LogP contribution >= 0.6 is 0 Å². The standard InChI is InChI=1S/C11H17NO6S/c1-15-6-7-18-12-19(13,14)9-4-5-10(16-2)11(8-9)17-3/h4-5,8,12H,6-7H2,1-3H3. The van der Waals surface area contributed by atoms with Crippen LogP contribution in [-0.4, -0.2) is 43.0 Å². The summed E-state index contributed by atoms with van der Waals surface area (Å²) in [5.74, 6) is 0.768. The van der Waals surface area contributed by atoms with Gasteiger partial charge in [0.05, 0.1) is 32.3 Å². The monoisotopic (exact) mass is 291 g/mol. The average Bonchev–Trinajstić information content (AvgIpc) is 2.42. The van der Waals surface area contributed by atoms with E-state index in [1.54, 1.807) is 0 Å². The Hall–Kier alpha value is -1.35. The van der Waals surface area contributed by atoms with Crippen molar-refractivity contribution < 1.29 is 27.5 Å². The molecule has 0 atom stereocenters. The third kappa shape index (κ3) is 4.35. The molecule has 0 amide bonds. The van der Waals surface area contributed by atoms with Crippen molar-refractivity contribution in [2.45, 2.75) is 4.90 Å². The fourth-order valence-electron chi connectivity index (χ4n) is 1.28. The second kappa shape index (κ2) is 7.29. The quantitative estimate of drug-likeness (QED) is 0.556. The Morgan fingerprint density at radius 2 is 1.74 bits per heavy atom. The van der Waals surface area contributed by atoms with Gasteiger partial charge in [-0.3, -0.25) is 4.84 Å². The van der Waals surface area contributed by atoms with Gasteiger partial charge in [-0.1, -0.05) is 4.89 Å². The molecule has 108 valence electrons. The molecule has 0 spiro atoms. The second-order valence-corrected chi connectivity index (χ2v) is 5.09. The lowest BCUT2D eigenvalue weighted by atomic mass is 10.3. The Morgan fingerprint density at radius 1 is 1.05 bits per heavy atom. The van der Waals surface area contributed by atoms with Crippen molar-refractivity contribution in [1.82, 2.24) is 4.89 Å². The van der Waals surface area contributed by atoms with Gasteiger partial charge in [0.1, 0.15) is 0 Å². The van der Waals surface area contributed by atoms with Crippen LogP contribution in [0.1, 0.15) is 0 Å². The first kappa shape index (κ1) is 15.7. The molecule has 1 aromatic carbocycles. The topological polar surface area (TPSA) is 83.1 Å². The summed E-state index contributed by atoms with van der Waals surface area (Å²) in [6.07, 6.45) is 0. The molecule has 0 aromatic heterocycles. The van der Waals surface area contributed by atoms with E-state index < -0.39 is 10.0 Å². The van der Waals surface area contributed by atoms with Crippen molar-refractivity contribution in [3.8, 4) is 11.5 Å². The van der Waals surface area contributed by atoms with Gasteiger partial charge in [0, 0.05) is 13.2 Å². The smallest absolute Gasteiger partial charge is 0.262 e. The molecule has 0 radical (unpaired) electrons. The first-order valence-corrected chi connectivity index (χ1v) is 6.88. The molecule has 0 aliphatic rings. The molecule has 1 aromatic rings. The van der Waals surface area contributed by atoms with E-state index in [0.29, 0.717) is 11.5 Å². The van der Waals surface area contributed by atoms with Crippen molar-refractivity contribution in [2.75, 3.05) is 34.5 Å². The summed E-state index contributed by atoms with van der Waals surface area (Å²) in [6.45, 7) is 0.400. The Morgan fingerprint density at radius 3 is 2.32 bits per heavy atom. The zero-order valence-electron chi connectivity index (χ0n) is 11.0. The van der Waals surface area contributed by atoms with Crippen molar-refractivity contribution in [2.24, 2.45) is 0 Å². The lowest BCUT2D eigenvalue weighted by molar-refractivity contribution is 0.0438. The summed E-state index contributed by atoms with van der Waals surface area (Å²) in [5.41, 5.74) is 0. The summed E-state index contributed by atoms with van der Waals surface area (Å²) < 4.78 is 38.6.